The van der Waals surface area contributed by atoms with Crippen molar-refractivity contribution in [3.05, 3.63) is 18.0 Å². The van der Waals surface area contributed by atoms with Gasteiger partial charge in [0.1, 0.15) is 0 Å². The van der Waals surface area contributed by atoms with Gasteiger partial charge in [-0.1, -0.05) is 0 Å². The summed E-state index contributed by atoms with van der Waals surface area (Å²) in [4.78, 5) is 29.5. The van der Waals surface area contributed by atoms with Crippen LogP contribution in [0, 0.1) is 6.92 Å². The van der Waals surface area contributed by atoms with Crippen molar-refractivity contribution in [3.63, 3.8) is 0 Å². The third kappa shape index (κ3) is 2.83. The van der Waals surface area contributed by atoms with Crippen LogP contribution in [0.5, 0.6) is 0 Å². The Bertz CT molecular complexity index is 695. The second-order valence-corrected chi connectivity index (χ2v) is 5.08. The van der Waals surface area contributed by atoms with Gasteiger partial charge in [0.25, 0.3) is 5.78 Å². The Labute approximate surface area is 121 Å². The number of aryl methyl sites for hydroxylation is 1. The highest BCUT2D eigenvalue weighted by atomic mass is 16.2. The standard InChI is InChI=1S/C13H16N6O2/c1-9-5-7-19-12(14-9)16-17-13(19)15-10(20)8-18-6-3-2-4-11(18)21/h5,7H,2-4,6,8H2,1H3,(H,15,17,20). The zero-order valence-electron chi connectivity index (χ0n) is 11.7. The zero-order valence-corrected chi connectivity index (χ0v) is 11.7. The molecule has 8 nitrogen and oxygen atoms in total. The predicted octanol–water partition coefficient (Wildman–Crippen LogP) is 0.384. The Morgan fingerprint density at radius 1 is 1.38 bits per heavy atom. The van der Waals surface area contributed by atoms with Crippen LogP contribution in [-0.4, -0.2) is 49.4 Å². The minimum absolute atomic E-state index is 0.0276. The highest BCUT2D eigenvalue weighted by Gasteiger charge is 2.21. The van der Waals surface area contributed by atoms with E-state index < -0.39 is 0 Å². The van der Waals surface area contributed by atoms with Crippen LogP contribution in [0.15, 0.2) is 12.3 Å². The summed E-state index contributed by atoms with van der Waals surface area (Å²) in [6.45, 7) is 2.54. The quantitative estimate of drug-likeness (QED) is 0.881. The molecule has 1 N–H and O–H groups in total. The van der Waals surface area contributed by atoms with Crippen molar-refractivity contribution in [2.75, 3.05) is 18.4 Å². The van der Waals surface area contributed by atoms with Crippen LogP contribution in [0.2, 0.25) is 0 Å². The monoisotopic (exact) mass is 288 g/mol. The molecule has 3 rings (SSSR count). The number of likely N-dealkylation sites (tertiary alicyclic amines) is 1. The number of aromatic nitrogens is 4. The van der Waals surface area contributed by atoms with Gasteiger partial charge in [-0.25, -0.2) is 4.98 Å². The van der Waals surface area contributed by atoms with Crippen molar-refractivity contribution in [2.24, 2.45) is 0 Å². The molecule has 0 bridgehead atoms. The smallest absolute Gasteiger partial charge is 0.256 e. The Morgan fingerprint density at radius 2 is 2.24 bits per heavy atom. The molecule has 2 amide bonds. The lowest BCUT2D eigenvalue weighted by Crippen LogP contribution is -2.41. The summed E-state index contributed by atoms with van der Waals surface area (Å²) in [7, 11) is 0. The molecule has 0 spiro atoms. The van der Waals surface area contributed by atoms with Gasteiger partial charge in [-0.15, -0.1) is 10.2 Å². The van der Waals surface area contributed by atoms with Crippen LogP contribution in [0.25, 0.3) is 5.78 Å². The highest BCUT2D eigenvalue weighted by molar-refractivity contribution is 5.93. The first kappa shape index (κ1) is 13.5. The molecule has 21 heavy (non-hydrogen) atoms. The topological polar surface area (TPSA) is 92.5 Å². The van der Waals surface area contributed by atoms with Crippen LogP contribution in [0.1, 0.15) is 25.0 Å². The zero-order chi connectivity index (χ0) is 14.8. The molecular formula is C13H16N6O2. The van der Waals surface area contributed by atoms with Gasteiger partial charge in [-0.05, 0) is 25.8 Å². The van der Waals surface area contributed by atoms with Gasteiger partial charge in [0, 0.05) is 24.9 Å². The van der Waals surface area contributed by atoms with E-state index in [0.717, 1.165) is 18.5 Å². The van der Waals surface area contributed by atoms with E-state index in [1.165, 1.54) is 0 Å². The molecule has 0 unspecified atom stereocenters. The molecule has 8 heteroatoms. The number of amides is 2. The number of rotatable bonds is 3. The SMILES string of the molecule is Cc1ccn2c(NC(=O)CN3CCCCC3=O)nnc2n1. The van der Waals surface area contributed by atoms with Gasteiger partial charge in [0.15, 0.2) is 0 Å². The average Bonchev–Trinajstić information content (AvgIpc) is 2.83. The summed E-state index contributed by atoms with van der Waals surface area (Å²) in [5.41, 5.74) is 0.826. The molecule has 110 valence electrons. The predicted molar refractivity (Wildman–Crippen MR) is 74.6 cm³/mol. The highest BCUT2D eigenvalue weighted by Crippen LogP contribution is 2.11. The number of nitrogens with one attached hydrogen (secondary N) is 1. The molecule has 0 radical (unpaired) electrons. The van der Waals surface area contributed by atoms with Gasteiger partial charge in [0.05, 0.1) is 6.54 Å². The third-order valence-corrected chi connectivity index (χ3v) is 3.43. The molecule has 0 saturated carbocycles. The van der Waals surface area contributed by atoms with Gasteiger partial charge >= 0.3 is 0 Å². The van der Waals surface area contributed by atoms with E-state index >= 15 is 0 Å². The summed E-state index contributed by atoms with van der Waals surface area (Å²) in [5, 5.41) is 10.5. The van der Waals surface area contributed by atoms with E-state index in [1.807, 2.05) is 6.92 Å². The number of anilines is 1. The summed E-state index contributed by atoms with van der Waals surface area (Å²) in [5.74, 6) is 0.492. The van der Waals surface area contributed by atoms with E-state index in [-0.39, 0.29) is 18.4 Å². The first-order valence-electron chi connectivity index (χ1n) is 6.89. The number of nitrogens with zero attached hydrogens (tertiary/aromatic N) is 5. The van der Waals surface area contributed by atoms with Crippen molar-refractivity contribution < 1.29 is 9.59 Å². The molecule has 1 aliphatic rings. The van der Waals surface area contributed by atoms with Crippen LogP contribution >= 0.6 is 0 Å². The fraction of sp³-hybridized carbons (Fsp3) is 0.462. The van der Waals surface area contributed by atoms with Crippen LogP contribution in [0.3, 0.4) is 0 Å². The molecule has 0 aromatic carbocycles. The molecule has 2 aromatic heterocycles. The third-order valence-electron chi connectivity index (χ3n) is 3.43. The maximum Gasteiger partial charge on any atom is 0.256 e. The molecule has 0 aliphatic carbocycles. The molecule has 2 aromatic rings. The summed E-state index contributed by atoms with van der Waals surface area (Å²) in [6.07, 6.45) is 4.11. The molecule has 1 aliphatic heterocycles. The number of carbonyl (C=O) groups is 2. The van der Waals surface area contributed by atoms with Crippen molar-refractivity contribution >= 4 is 23.5 Å². The van der Waals surface area contributed by atoms with Crippen molar-refractivity contribution in [1.82, 2.24) is 24.5 Å². The molecule has 0 atom stereocenters. The first-order valence-corrected chi connectivity index (χ1v) is 6.89. The number of piperidine rings is 1. The van der Waals surface area contributed by atoms with Crippen LogP contribution < -0.4 is 5.32 Å². The fourth-order valence-electron chi connectivity index (χ4n) is 2.33. The lowest BCUT2D eigenvalue weighted by atomic mass is 10.1. The normalized spacial score (nSPS) is 15.5. The minimum atomic E-state index is -0.278. The number of hydrogen-bond donors (Lipinski definition) is 1. The van der Waals surface area contributed by atoms with E-state index in [2.05, 4.69) is 20.5 Å². The molecule has 1 fully saturated rings. The fourth-order valence-corrected chi connectivity index (χ4v) is 2.33. The van der Waals surface area contributed by atoms with E-state index in [9.17, 15) is 9.59 Å². The Hall–Kier alpha value is -2.51. The summed E-state index contributed by atoms with van der Waals surface area (Å²) in [6, 6.07) is 1.81. The maximum absolute atomic E-state index is 12.0. The summed E-state index contributed by atoms with van der Waals surface area (Å²) >= 11 is 0. The average molecular weight is 288 g/mol. The Morgan fingerprint density at radius 3 is 3.05 bits per heavy atom. The van der Waals surface area contributed by atoms with Gasteiger partial charge in [-0.2, -0.15) is 0 Å². The van der Waals surface area contributed by atoms with Gasteiger partial charge < -0.3 is 4.90 Å². The van der Waals surface area contributed by atoms with Crippen molar-refractivity contribution in [2.45, 2.75) is 26.2 Å². The first-order chi connectivity index (χ1) is 10.1. The lowest BCUT2D eigenvalue weighted by Gasteiger charge is -2.25. The molecular weight excluding hydrogens is 272 g/mol. The van der Waals surface area contributed by atoms with E-state index in [4.69, 9.17) is 0 Å². The second kappa shape index (κ2) is 5.47. The lowest BCUT2D eigenvalue weighted by molar-refractivity contribution is -0.136. The van der Waals surface area contributed by atoms with Crippen molar-refractivity contribution in [3.8, 4) is 0 Å². The van der Waals surface area contributed by atoms with Crippen LogP contribution in [0.4, 0.5) is 5.95 Å². The Kier molecular flexibility index (Phi) is 3.51. The number of hydrogen-bond acceptors (Lipinski definition) is 5. The van der Waals surface area contributed by atoms with Gasteiger partial charge in [0.2, 0.25) is 17.8 Å². The minimum Gasteiger partial charge on any atom is -0.333 e. The van der Waals surface area contributed by atoms with Crippen LogP contribution in [-0.2, 0) is 9.59 Å². The number of carbonyl (C=O) groups excluding carboxylic acids is 2. The maximum atomic E-state index is 12.0. The van der Waals surface area contributed by atoms with Crippen molar-refractivity contribution in [1.29, 1.82) is 0 Å². The second-order valence-electron chi connectivity index (χ2n) is 5.08. The van der Waals surface area contributed by atoms with Gasteiger partial charge in [-0.3, -0.25) is 19.3 Å². The summed E-state index contributed by atoms with van der Waals surface area (Å²) < 4.78 is 1.60. The molecule has 3 heterocycles. The number of fused-ring (bicyclic) bond motifs is 1. The largest absolute Gasteiger partial charge is 0.333 e. The van der Waals surface area contributed by atoms with E-state index in [0.29, 0.717) is 24.7 Å². The molecule has 1 saturated heterocycles. The van der Waals surface area contributed by atoms with E-state index in [1.54, 1.807) is 21.6 Å². The Balaban J connectivity index is 1.70.